The Labute approximate surface area is 296 Å². The van der Waals surface area contributed by atoms with Crippen LogP contribution in [0.2, 0.25) is 0 Å². The molecule has 0 bridgehead atoms. The minimum absolute atomic E-state index is 0.0494. The van der Waals surface area contributed by atoms with Gasteiger partial charge in [0.2, 0.25) is 0 Å². The number of pyridine rings is 4. The van der Waals surface area contributed by atoms with E-state index < -0.39 is 23.9 Å². The van der Waals surface area contributed by atoms with Crippen LogP contribution in [0, 0.1) is 0 Å². The Hall–Kier alpha value is -6.40. The fourth-order valence-corrected chi connectivity index (χ4v) is 5.10. The van der Waals surface area contributed by atoms with E-state index in [1.165, 1.54) is 52.7 Å². The molecule has 52 heavy (non-hydrogen) atoms. The standard InChI is InChI=1S/C34H36N6O12/c1-49-23-7-19(35-27(11-23)31(41)42)15-39(16-20-8-24(50-2)12-28(36-20)32(43)44)5-6-40(17-21-9-25(51-3)13-29(37-21)33(45)46)18-22-10-26(52-4)14-30(38-22)34(47)48/h7-14H,5-6,15-18H2,1-4H3,(H,41,42)(H,43,44)(H,45,46)(H,47,48). The monoisotopic (exact) mass is 720 g/mol. The second kappa shape index (κ2) is 17.5. The fourth-order valence-electron chi connectivity index (χ4n) is 5.10. The van der Waals surface area contributed by atoms with Crippen molar-refractivity contribution < 1.29 is 58.6 Å². The fraction of sp³-hybridized carbons (Fsp3) is 0.294. The van der Waals surface area contributed by atoms with Crippen LogP contribution in [0.3, 0.4) is 0 Å². The molecule has 0 amide bonds. The zero-order valence-corrected chi connectivity index (χ0v) is 28.6. The van der Waals surface area contributed by atoms with Crippen LogP contribution >= 0.6 is 0 Å². The Morgan fingerprint density at radius 2 is 0.654 bits per heavy atom. The highest BCUT2D eigenvalue weighted by molar-refractivity contribution is 5.87. The number of hydrogen-bond donors (Lipinski definition) is 4. The van der Waals surface area contributed by atoms with E-state index in [2.05, 4.69) is 19.9 Å². The third-order valence-corrected chi connectivity index (χ3v) is 7.50. The number of hydrogen-bond acceptors (Lipinski definition) is 14. The smallest absolute Gasteiger partial charge is 0.354 e. The lowest BCUT2D eigenvalue weighted by Gasteiger charge is -2.28. The molecular weight excluding hydrogens is 684 g/mol. The molecule has 18 heteroatoms. The maximum Gasteiger partial charge on any atom is 0.354 e. The summed E-state index contributed by atoms with van der Waals surface area (Å²) in [5.41, 5.74) is 0.300. The van der Waals surface area contributed by atoms with E-state index >= 15 is 0 Å². The van der Waals surface area contributed by atoms with Crippen LogP contribution in [-0.4, -0.2) is 116 Å². The highest BCUT2D eigenvalue weighted by Crippen LogP contribution is 2.22. The zero-order valence-electron chi connectivity index (χ0n) is 28.6. The van der Waals surface area contributed by atoms with Crippen LogP contribution in [0.1, 0.15) is 64.7 Å². The molecule has 0 spiro atoms. The van der Waals surface area contributed by atoms with E-state index in [4.69, 9.17) is 18.9 Å². The van der Waals surface area contributed by atoms with E-state index in [0.717, 1.165) is 0 Å². The molecule has 0 radical (unpaired) electrons. The van der Waals surface area contributed by atoms with Gasteiger partial charge in [0.15, 0.2) is 22.8 Å². The molecule has 0 atom stereocenters. The second-order valence-corrected chi connectivity index (χ2v) is 11.2. The maximum absolute atomic E-state index is 11.8. The summed E-state index contributed by atoms with van der Waals surface area (Å²) in [6.07, 6.45) is 0. The van der Waals surface area contributed by atoms with Gasteiger partial charge in [-0.3, -0.25) is 9.80 Å². The summed E-state index contributed by atoms with van der Waals surface area (Å²) in [6, 6.07) is 11.4. The van der Waals surface area contributed by atoms with Gasteiger partial charge < -0.3 is 39.4 Å². The number of carboxylic acid groups (broad SMARTS) is 4. The van der Waals surface area contributed by atoms with Crippen LogP contribution in [0.15, 0.2) is 48.5 Å². The molecule has 0 saturated carbocycles. The van der Waals surface area contributed by atoms with Gasteiger partial charge in [0, 0.05) is 87.8 Å². The SMILES string of the molecule is COc1cc(CN(CCN(Cc2cc(OC)cc(C(=O)O)n2)Cc2cc(OC)cc(C(=O)O)n2)Cc2cc(OC)cc(C(=O)O)n2)nc(C(=O)O)c1. The largest absolute Gasteiger partial charge is 0.497 e. The molecule has 274 valence electrons. The van der Waals surface area contributed by atoms with Crippen molar-refractivity contribution in [2.75, 3.05) is 41.5 Å². The van der Waals surface area contributed by atoms with Crippen molar-refractivity contribution in [1.82, 2.24) is 29.7 Å². The van der Waals surface area contributed by atoms with Crippen molar-refractivity contribution in [2.24, 2.45) is 0 Å². The summed E-state index contributed by atoms with van der Waals surface area (Å²) < 4.78 is 21.2. The minimum atomic E-state index is -1.27. The molecule has 4 aromatic rings. The molecule has 0 aliphatic carbocycles. The van der Waals surface area contributed by atoms with Crippen molar-refractivity contribution in [3.8, 4) is 23.0 Å². The number of methoxy groups -OCH3 is 4. The predicted molar refractivity (Wildman–Crippen MR) is 179 cm³/mol. The average molecular weight is 721 g/mol. The van der Waals surface area contributed by atoms with Gasteiger partial charge in [-0.2, -0.15) is 0 Å². The highest BCUT2D eigenvalue weighted by Gasteiger charge is 2.20. The summed E-state index contributed by atoms with van der Waals surface area (Å²) in [7, 11) is 5.55. The van der Waals surface area contributed by atoms with Crippen LogP contribution < -0.4 is 18.9 Å². The molecule has 0 fully saturated rings. The first-order valence-corrected chi connectivity index (χ1v) is 15.4. The molecule has 0 aliphatic rings. The molecule has 0 aromatic carbocycles. The lowest BCUT2D eigenvalue weighted by molar-refractivity contribution is 0.0678. The molecule has 4 heterocycles. The molecule has 4 N–H and O–H groups in total. The van der Waals surface area contributed by atoms with E-state index in [9.17, 15) is 39.6 Å². The summed E-state index contributed by atoms with van der Waals surface area (Å²) >= 11 is 0. The Morgan fingerprint density at radius 1 is 0.442 bits per heavy atom. The van der Waals surface area contributed by atoms with Gasteiger partial charge in [-0.15, -0.1) is 0 Å². The van der Waals surface area contributed by atoms with E-state index in [0.29, 0.717) is 22.8 Å². The molecule has 4 rings (SSSR count). The van der Waals surface area contributed by atoms with Gasteiger partial charge in [-0.05, 0) is 0 Å². The van der Waals surface area contributed by atoms with Gasteiger partial charge in [0.05, 0.1) is 51.2 Å². The Balaban J connectivity index is 1.75. The normalized spacial score (nSPS) is 11.0. The van der Waals surface area contributed by atoms with Crippen LogP contribution in [0.5, 0.6) is 23.0 Å². The topological polar surface area (TPSA) is 244 Å². The van der Waals surface area contributed by atoms with Crippen LogP contribution in [0.25, 0.3) is 0 Å². The second-order valence-electron chi connectivity index (χ2n) is 11.2. The van der Waals surface area contributed by atoms with Gasteiger partial charge >= 0.3 is 23.9 Å². The maximum atomic E-state index is 11.8. The van der Waals surface area contributed by atoms with Crippen molar-refractivity contribution in [3.05, 3.63) is 94.1 Å². The molecular formula is C34H36N6O12. The molecule has 4 aromatic heterocycles. The zero-order chi connectivity index (χ0) is 37.9. The summed E-state index contributed by atoms with van der Waals surface area (Å²) in [4.78, 5) is 68.0. The number of nitrogens with zero attached hydrogens (tertiary/aromatic N) is 6. The van der Waals surface area contributed by atoms with Gasteiger partial charge in [0.25, 0.3) is 0 Å². The number of aromatic carboxylic acids is 4. The third-order valence-electron chi connectivity index (χ3n) is 7.50. The molecule has 0 unspecified atom stereocenters. The lowest BCUT2D eigenvalue weighted by atomic mass is 10.2. The highest BCUT2D eigenvalue weighted by atomic mass is 16.5. The number of carbonyl (C=O) groups is 4. The Morgan fingerprint density at radius 3 is 0.827 bits per heavy atom. The number of aromatic nitrogens is 4. The number of carboxylic acids is 4. The first-order valence-electron chi connectivity index (χ1n) is 15.4. The minimum Gasteiger partial charge on any atom is -0.497 e. The van der Waals surface area contributed by atoms with E-state index in [1.54, 1.807) is 24.3 Å². The average Bonchev–Trinajstić information content (AvgIpc) is 3.12. The van der Waals surface area contributed by atoms with Gasteiger partial charge in [-0.25, -0.2) is 39.1 Å². The van der Waals surface area contributed by atoms with E-state index in [1.807, 2.05) is 9.80 Å². The number of rotatable bonds is 19. The van der Waals surface area contributed by atoms with Crippen LogP contribution in [-0.2, 0) is 26.2 Å². The van der Waals surface area contributed by atoms with Crippen molar-refractivity contribution >= 4 is 23.9 Å². The summed E-state index contributed by atoms with van der Waals surface area (Å²) in [5.74, 6) is -4.04. The quantitative estimate of drug-likeness (QED) is 0.109. The summed E-state index contributed by atoms with van der Waals surface area (Å²) in [6.45, 7) is 0.602. The van der Waals surface area contributed by atoms with Crippen molar-refractivity contribution in [1.29, 1.82) is 0 Å². The van der Waals surface area contributed by atoms with Crippen molar-refractivity contribution in [2.45, 2.75) is 26.2 Å². The first kappa shape index (κ1) is 38.4. The van der Waals surface area contributed by atoms with Crippen molar-refractivity contribution in [3.63, 3.8) is 0 Å². The molecule has 0 saturated heterocycles. The van der Waals surface area contributed by atoms with Gasteiger partial charge in [0.1, 0.15) is 23.0 Å². The first-order chi connectivity index (χ1) is 24.8. The van der Waals surface area contributed by atoms with Gasteiger partial charge in [-0.1, -0.05) is 0 Å². The Kier molecular flexibility index (Phi) is 12.9. The predicted octanol–water partition coefficient (Wildman–Crippen LogP) is 2.80. The van der Waals surface area contributed by atoms with E-state index in [-0.39, 0.29) is 85.0 Å². The molecule has 18 nitrogen and oxygen atoms in total. The van der Waals surface area contributed by atoms with Crippen LogP contribution in [0.4, 0.5) is 0 Å². The lowest BCUT2D eigenvalue weighted by Crippen LogP contribution is -2.35. The number of ether oxygens (including phenoxy) is 4. The molecule has 0 aliphatic heterocycles. The third kappa shape index (κ3) is 10.6. The Bertz CT molecular complexity index is 1680. The summed E-state index contributed by atoms with van der Waals surface area (Å²) in [5, 5.41) is 38.6.